The first-order valence-corrected chi connectivity index (χ1v) is 6.28. The van der Waals surface area contributed by atoms with Crippen LogP contribution < -0.4 is 15.2 Å². The third-order valence-electron chi connectivity index (χ3n) is 3.08. The fourth-order valence-electron chi connectivity index (χ4n) is 1.90. The molecule has 0 atom stereocenters. The maximum absolute atomic E-state index is 5.78. The SMILES string of the molecule is COc1cccc(OCc2ccc(CN)cc2C)c1. The Morgan fingerprint density at radius 3 is 2.53 bits per heavy atom. The summed E-state index contributed by atoms with van der Waals surface area (Å²) < 4.78 is 10.9. The van der Waals surface area contributed by atoms with Crippen LogP contribution in [0.3, 0.4) is 0 Å². The zero-order chi connectivity index (χ0) is 13.7. The molecule has 0 unspecified atom stereocenters. The second-order valence-corrected chi connectivity index (χ2v) is 4.43. The third-order valence-corrected chi connectivity index (χ3v) is 3.08. The van der Waals surface area contributed by atoms with Gasteiger partial charge >= 0.3 is 0 Å². The Morgan fingerprint density at radius 1 is 1.05 bits per heavy atom. The molecular weight excluding hydrogens is 238 g/mol. The van der Waals surface area contributed by atoms with Gasteiger partial charge in [-0.25, -0.2) is 0 Å². The van der Waals surface area contributed by atoms with E-state index in [1.807, 2.05) is 30.3 Å². The number of aryl methyl sites for hydroxylation is 1. The van der Waals surface area contributed by atoms with Gasteiger partial charge in [-0.05, 0) is 35.7 Å². The second kappa shape index (κ2) is 6.25. The van der Waals surface area contributed by atoms with E-state index in [0.29, 0.717) is 13.2 Å². The Hall–Kier alpha value is -2.00. The van der Waals surface area contributed by atoms with Crippen LogP contribution in [-0.4, -0.2) is 7.11 Å². The van der Waals surface area contributed by atoms with Gasteiger partial charge in [0.15, 0.2) is 0 Å². The zero-order valence-corrected chi connectivity index (χ0v) is 11.3. The fourth-order valence-corrected chi connectivity index (χ4v) is 1.90. The molecule has 0 heterocycles. The van der Waals surface area contributed by atoms with Gasteiger partial charge in [0.2, 0.25) is 0 Å². The Kier molecular flexibility index (Phi) is 4.42. The summed E-state index contributed by atoms with van der Waals surface area (Å²) in [5.41, 5.74) is 9.13. The fraction of sp³-hybridized carbons (Fsp3) is 0.250. The van der Waals surface area contributed by atoms with Crippen molar-refractivity contribution in [3.8, 4) is 11.5 Å². The molecule has 3 nitrogen and oxygen atoms in total. The van der Waals surface area contributed by atoms with E-state index in [1.54, 1.807) is 7.11 Å². The average molecular weight is 257 g/mol. The standard InChI is InChI=1S/C16H19NO2/c1-12-8-13(10-17)6-7-14(12)11-19-16-5-3-4-15(9-16)18-2/h3-9H,10-11,17H2,1-2H3. The van der Waals surface area contributed by atoms with Gasteiger partial charge in [0.1, 0.15) is 18.1 Å². The van der Waals surface area contributed by atoms with Gasteiger partial charge in [-0.3, -0.25) is 0 Å². The molecule has 3 heteroatoms. The van der Waals surface area contributed by atoms with Crippen LogP contribution in [0.5, 0.6) is 11.5 Å². The van der Waals surface area contributed by atoms with Gasteiger partial charge in [0, 0.05) is 12.6 Å². The molecule has 2 aromatic carbocycles. The van der Waals surface area contributed by atoms with Gasteiger partial charge in [0.25, 0.3) is 0 Å². The van der Waals surface area contributed by atoms with E-state index in [1.165, 1.54) is 11.1 Å². The average Bonchev–Trinajstić information content (AvgIpc) is 2.46. The van der Waals surface area contributed by atoms with Crippen molar-refractivity contribution in [1.82, 2.24) is 0 Å². The van der Waals surface area contributed by atoms with Crippen LogP contribution in [0.25, 0.3) is 0 Å². The molecule has 0 spiro atoms. The summed E-state index contributed by atoms with van der Waals surface area (Å²) in [4.78, 5) is 0. The lowest BCUT2D eigenvalue weighted by Crippen LogP contribution is -2.01. The number of hydrogen-bond acceptors (Lipinski definition) is 3. The Balaban J connectivity index is 2.05. The highest BCUT2D eigenvalue weighted by Crippen LogP contribution is 2.20. The number of benzene rings is 2. The Bertz CT molecular complexity index is 552. The molecule has 0 aliphatic heterocycles. The number of rotatable bonds is 5. The molecule has 0 fully saturated rings. The Morgan fingerprint density at radius 2 is 1.84 bits per heavy atom. The number of nitrogens with two attached hydrogens (primary N) is 1. The lowest BCUT2D eigenvalue weighted by molar-refractivity contribution is 0.303. The zero-order valence-electron chi connectivity index (χ0n) is 11.3. The molecule has 2 rings (SSSR count). The molecule has 2 aromatic rings. The van der Waals surface area contributed by atoms with Crippen molar-refractivity contribution in [1.29, 1.82) is 0 Å². The minimum atomic E-state index is 0.545. The van der Waals surface area contributed by atoms with E-state index in [4.69, 9.17) is 15.2 Å². The van der Waals surface area contributed by atoms with E-state index < -0.39 is 0 Å². The summed E-state index contributed by atoms with van der Waals surface area (Å²) in [5.74, 6) is 1.61. The number of ether oxygens (including phenoxy) is 2. The predicted octanol–water partition coefficient (Wildman–Crippen LogP) is 3.04. The number of hydrogen-bond donors (Lipinski definition) is 1. The Labute approximate surface area is 114 Å². The molecule has 0 saturated heterocycles. The summed E-state index contributed by atoms with van der Waals surface area (Å²) in [7, 11) is 1.65. The molecule has 0 radical (unpaired) electrons. The van der Waals surface area contributed by atoms with E-state index in [2.05, 4.69) is 19.1 Å². The van der Waals surface area contributed by atoms with Crippen LogP contribution in [0.15, 0.2) is 42.5 Å². The van der Waals surface area contributed by atoms with E-state index in [9.17, 15) is 0 Å². The van der Waals surface area contributed by atoms with Crippen LogP contribution in [0, 0.1) is 6.92 Å². The summed E-state index contributed by atoms with van der Waals surface area (Å²) in [5, 5.41) is 0. The normalized spacial score (nSPS) is 10.3. The molecule has 0 aromatic heterocycles. The van der Waals surface area contributed by atoms with Crippen molar-refractivity contribution in [3.63, 3.8) is 0 Å². The summed E-state index contributed by atoms with van der Waals surface area (Å²) in [6, 6.07) is 13.8. The molecule has 0 aliphatic carbocycles. The maximum atomic E-state index is 5.78. The van der Waals surface area contributed by atoms with Crippen LogP contribution in [0.1, 0.15) is 16.7 Å². The largest absolute Gasteiger partial charge is 0.497 e. The highest BCUT2D eigenvalue weighted by atomic mass is 16.5. The number of methoxy groups -OCH3 is 1. The van der Waals surface area contributed by atoms with Crippen LogP contribution in [0.2, 0.25) is 0 Å². The van der Waals surface area contributed by atoms with Gasteiger partial charge in [-0.15, -0.1) is 0 Å². The lowest BCUT2D eigenvalue weighted by atomic mass is 10.1. The maximum Gasteiger partial charge on any atom is 0.123 e. The van der Waals surface area contributed by atoms with E-state index >= 15 is 0 Å². The van der Waals surface area contributed by atoms with E-state index in [0.717, 1.165) is 17.1 Å². The third kappa shape index (κ3) is 3.48. The molecule has 2 N–H and O–H groups in total. The smallest absolute Gasteiger partial charge is 0.123 e. The first kappa shape index (κ1) is 13.4. The molecule has 0 bridgehead atoms. The van der Waals surface area contributed by atoms with Gasteiger partial charge in [-0.2, -0.15) is 0 Å². The van der Waals surface area contributed by atoms with Crippen LogP contribution in [0.4, 0.5) is 0 Å². The molecular formula is C16H19NO2. The van der Waals surface area contributed by atoms with Crippen LogP contribution >= 0.6 is 0 Å². The van der Waals surface area contributed by atoms with Crippen LogP contribution in [-0.2, 0) is 13.2 Å². The minimum Gasteiger partial charge on any atom is -0.497 e. The molecule has 0 aliphatic rings. The second-order valence-electron chi connectivity index (χ2n) is 4.43. The summed E-state index contributed by atoms with van der Waals surface area (Å²) >= 11 is 0. The van der Waals surface area contributed by atoms with Gasteiger partial charge in [0.05, 0.1) is 7.11 Å². The van der Waals surface area contributed by atoms with E-state index in [-0.39, 0.29) is 0 Å². The van der Waals surface area contributed by atoms with Crippen molar-refractivity contribution < 1.29 is 9.47 Å². The van der Waals surface area contributed by atoms with Crippen molar-refractivity contribution in [3.05, 3.63) is 59.2 Å². The van der Waals surface area contributed by atoms with Gasteiger partial charge < -0.3 is 15.2 Å². The summed E-state index contributed by atoms with van der Waals surface area (Å²) in [6.45, 7) is 3.19. The highest BCUT2D eigenvalue weighted by molar-refractivity contribution is 5.34. The van der Waals surface area contributed by atoms with Crippen molar-refractivity contribution in [2.75, 3.05) is 7.11 Å². The topological polar surface area (TPSA) is 44.5 Å². The van der Waals surface area contributed by atoms with Gasteiger partial charge in [-0.1, -0.05) is 24.3 Å². The quantitative estimate of drug-likeness (QED) is 0.895. The predicted molar refractivity (Wildman–Crippen MR) is 76.4 cm³/mol. The minimum absolute atomic E-state index is 0.545. The molecule has 0 amide bonds. The summed E-state index contributed by atoms with van der Waals surface area (Å²) in [6.07, 6.45) is 0. The van der Waals surface area contributed by atoms with Crippen molar-refractivity contribution in [2.24, 2.45) is 5.73 Å². The lowest BCUT2D eigenvalue weighted by Gasteiger charge is -2.10. The molecule has 0 saturated carbocycles. The first-order chi connectivity index (χ1) is 9.22. The monoisotopic (exact) mass is 257 g/mol. The van der Waals surface area contributed by atoms with Crippen molar-refractivity contribution >= 4 is 0 Å². The first-order valence-electron chi connectivity index (χ1n) is 6.28. The molecule has 100 valence electrons. The van der Waals surface area contributed by atoms with Crippen molar-refractivity contribution in [2.45, 2.75) is 20.1 Å². The highest BCUT2D eigenvalue weighted by Gasteiger charge is 2.02. The molecule has 19 heavy (non-hydrogen) atoms.